The van der Waals surface area contributed by atoms with Crippen LogP contribution in [0.3, 0.4) is 0 Å². The van der Waals surface area contributed by atoms with Crippen molar-refractivity contribution in [1.82, 2.24) is 0 Å². The van der Waals surface area contributed by atoms with Crippen molar-refractivity contribution in [1.29, 1.82) is 5.26 Å². The van der Waals surface area contributed by atoms with Gasteiger partial charge in [-0.1, -0.05) is 37.3 Å². The third-order valence-corrected chi connectivity index (χ3v) is 7.29. The van der Waals surface area contributed by atoms with Crippen molar-refractivity contribution in [3.05, 3.63) is 64.2 Å². The number of ether oxygens (including phenoxy) is 1. The second-order valence-electron chi connectivity index (χ2n) is 8.47. The number of esters is 1. The van der Waals surface area contributed by atoms with Gasteiger partial charge < -0.3 is 14.5 Å². The lowest BCUT2D eigenvalue weighted by atomic mass is 9.89. The molecule has 1 unspecified atom stereocenters. The number of carbonyl (C=O) groups is 2. The molecule has 0 saturated carbocycles. The Morgan fingerprint density at radius 1 is 1.27 bits per heavy atom. The minimum absolute atomic E-state index is 0.00290. The summed E-state index contributed by atoms with van der Waals surface area (Å²) >= 11 is 1.45. The number of nitriles is 1. The first kappa shape index (κ1) is 21.2. The van der Waals surface area contributed by atoms with E-state index in [1.54, 1.807) is 6.26 Å². The average molecular weight is 459 g/mol. The normalized spacial score (nSPS) is 15.2. The molecule has 1 N–H and O–H groups in total. The Bertz CT molecular complexity index is 1430. The highest BCUT2D eigenvalue weighted by atomic mass is 32.1. The molecule has 1 aliphatic carbocycles. The summed E-state index contributed by atoms with van der Waals surface area (Å²) in [4.78, 5) is 26.1. The summed E-state index contributed by atoms with van der Waals surface area (Å²) in [5.74, 6) is -0.391. The van der Waals surface area contributed by atoms with Crippen molar-refractivity contribution in [2.24, 2.45) is 5.92 Å². The number of amides is 1. The minimum atomic E-state index is -0.513. The molecule has 166 valence electrons. The Morgan fingerprint density at radius 3 is 2.97 bits per heavy atom. The maximum atomic E-state index is 12.5. The van der Waals surface area contributed by atoms with Crippen LogP contribution in [0.15, 0.2) is 47.1 Å². The van der Waals surface area contributed by atoms with Gasteiger partial charge in [0.2, 0.25) is 0 Å². The highest BCUT2D eigenvalue weighted by Crippen LogP contribution is 2.39. The molecule has 33 heavy (non-hydrogen) atoms. The maximum Gasteiger partial charge on any atom is 0.310 e. The molecule has 4 aromatic rings. The lowest BCUT2D eigenvalue weighted by molar-refractivity contribution is -0.146. The van der Waals surface area contributed by atoms with Crippen molar-refractivity contribution in [2.45, 2.75) is 32.6 Å². The SMILES string of the molecule is CC1CCc2c(sc(NC(=O)COC(=O)Cc3coc4ccc5ccccc5c34)c2C#N)C1. The molecule has 1 atom stereocenters. The molecule has 2 aromatic carbocycles. The zero-order valence-corrected chi connectivity index (χ0v) is 19.0. The number of nitrogens with zero attached hydrogens (tertiary/aromatic N) is 1. The third-order valence-electron chi connectivity index (χ3n) is 6.12. The topological polar surface area (TPSA) is 92.3 Å². The molecular weight excluding hydrogens is 436 g/mol. The van der Waals surface area contributed by atoms with Gasteiger partial charge in [-0.2, -0.15) is 5.26 Å². The van der Waals surface area contributed by atoms with Gasteiger partial charge in [0, 0.05) is 15.8 Å². The van der Waals surface area contributed by atoms with E-state index in [1.807, 2.05) is 36.4 Å². The fourth-order valence-electron chi connectivity index (χ4n) is 4.48. The summed E-state index contributed by atoms with van der Waals surface area (Å²) in [5.41, 5.74) is 3.01. The van der Waals surface area contributed by atoms with Crippen LogP contribution in [0.4, 0.5) is 5.00 Å². The highest BCUT2D eigenvalue weighted by Gasteiger charge is 2.25. The van der Waals surface area contributed by atoms with Gasteiger partial charge >= 0.3 is 5.97 Å². The number of nitrogens with one attached hydrogen (secondary N) is 1. The van der Waals surface area contributed by atoms with Crippen LogP contribution in [0.2, 0.25) is 0 Å². The van der Waals surface area contributed by atoms with E-state index in [-0.39, 0.29) is 6.42 Å². The Balaban J connectivity index is 1.25. The number of hydrogen-bond donors (Lipinski definition) is 1. The van der Waals surface area contributed by atoms with Crippen molar-refractivity contribution >= 4 is 50.0 Å². The number of fused-ring (bicyclic) bond motifs is 4. The molecule has 1 amide bonds. The van der Waals surface area contributed by atoms with Crippen LogP contribution in [-0.4, -0.2) is 18.5 Å². The van der Waals surface area contributed by atoms with Crippen LogP contribution in [0, 0.1) is 17.2 Å². The van der Waals surface area contributed by atoms with Crippen LogP contribution < -0.4 is 5.32 Å². The molecule has 5 rings (SSSR count). The van der Waals surface area contributed by atoms with Gasteiger partial charge in [0.15, 0.2) is 6.61 Å². The van der Waals surface area contributed by atoms with E-state index in [1.165, 1.54) is 11.3 Å². The molecule has 2 heterocycles. The van der Waals surface area contributed by atoms with E-state index in [2.05, 4.69) is 18.3 Å². The van der Waals surface area contributed by atoms with Gasteiger partial charge in [-0.15, -0.1) is 11.3 Å². The summed E-state index contributed by atoms with van der Waals surface area (Å²) in [6.07, 6.45) is 4.39. The number of rotatable bonds is 5. The van der Waals surface area contributed by atoms with Crippen LogP contribution >= 0.6 is 11.3 Å². The second-order valence-corrected chi connectivity index (χ2v) is 9.58. The fourth-order valence-corrected chi connectivity index (χ4v) is 5.85. The van der Waals surface area contributed by atoms with Gasteiger partial charge in [-0.05, 0) is 47.6 Å². The average Bonchev–Trinajstić information content (AvgIpc) is 3.37. The monoisotopic (exact) mass is 458 g/mol. The van der Waals surface area contributed by atoms with E-state index in [0.717, 1.165) is 51.4 Å². The second kappa shape index (κ2) is 8.72. The van der Waals surface area contributed by atoms with E-state index in [4.69, 9.17) is 9.15 Å². The van der Waals surface area contributed by atoms with Crippen molar-refractivity contribution < 1.29 is 18.7 Å². The van der Waals surface area contributed by atoms with Crippen LogP contribution in [0.25, 0.3) is 21.7 Å². The molecular formula is C26H22N2O4S. The highest BCUT2D eigenvalue weighted by molar-refractivity contribution is 7.16. The predicted octanol–water partition coefficient (Wildman–Crippen LogP) is 5.37. The predicted molar refractivity (Wildman–Crippen MR) is 127 cm³/mol. The van der Waals surface area contributed by atoms with Gasteiger partial charge in [-0.25, -0.2) is 0 Å². The van der Waals surface area contributed by atoms with Gasteiger partial charge in [0.05, 0.1) is 18.2 Å². The zero-order chi connectivity index (χ0) is 22.9. The summed E-state index contributed by atoms with van der Waals surface area (Å²) in [7, 11) is 0. The molecule has 0 aliphatic heterocycles. The van der Waals surface area contributed by atoms with Crippen LogP contribution in [0.5, 0.6) is 0 Å². The standard InChI is InChI=1S/C26H22N2O4S/c1-15-6-8-19-20(12-27)26(33-22(19)10-15)28-23(29)14-32-24(30)11-17-13-31-21-9-7-16-4-2-3-5-18(16)25(17)21/h2-5,7,9,13,15H,6,8,10-11,14H2,1H3,(H,28,29). The molecule has 0 bridgehead atoms. The van der Waals surface area contributed by atoms with Crippen molar-refractivity contribution in [3.63, 3.8) is 0 Å². The number of hydrogen-bond acceptors (Lipinski definition) is 6. The number of benzene rings is 2. The van der Waals surface area contributed by atoms with Crippen LogP contribution in [0.1, 0.15) is 34.9 Å². The number of thiophene rings is 1. The molecule has 0 spiro atoms. The Hall–Kier alpha value is -3.63. The fraction of sp³-hybridized carbons (Fsp3) is 0.269. The Morgan fingerprint density at radius 2 is 2.12 bits per heavy atom. The molecule has 6 nitrogen and oxygen atoms in total. The van der Waals surface area contributed by atoms with E-state index >= 15 is 0 Å². The molecule has 1 aliphatic rings. The molecule has 2 aromatic heterocycles. The van der Waals surface area contributed by atoms with E-state index in [0.29, 0.717) is 22.1 Å². The smallest absolute Gasteiger partial charge is 0.310 e. The quantitative estimate of drug-likeness (QED) is 0.406. The van der Waals surface area contributed by atoms with Gasteiger partial charge in [0.25, 0.3) is 5.91 Å². The maximum absolute atomic E-state index is 12.5. The summed E-state index contributed by atoms with van der Waals surface area (Å²) < 4.78 is 10.9. The number of carbonyl (C=O) groups excluding carboxylic acids is 2. The Labute approximate surface area is 194 Å². The lowest BCUT2D eigenvalue weighted by Gasteiger charge is -2.17. The molecule has 7 heteroatoms. The molecule has 0 fully saturated rings. The molecule has 0 saturated heterocycles. The zero-order valence-electron chi connectivity index (χ0n) is 18.1. The van der Waals surface area contributed by atoms with Crippen molar-refractivity contribution in [2.75, 3.05) is 11.9 Å². The van der Waals surface area contributed by atoms with Gasteiger partial charge in [0.1, 0.15) is 16.7 Å². The number of anilines is 1. The first-order valence-electron chi connectivity index (χ1n) is 10.9. The van der Waals surface area contributed by atoms with E-state index < -0.39 is 18.5 Å². The largest absolute Gasteiger partial charge is 0.464 e. The Kier molecular flexibility index (Phi) is 5.61. The number of furan rings is 1. The van der Waals surface area contributed by atoms with Crippen molar-refractivity contribution in [3.8, 4) is 6.07 Å². The summed E-state index contributed by atoms with van der Waals surface area (Å²) in [5, 5.41) is 15.8. The van der Waals surface area contributed by atoms with E-state index in [9.17, 15) is 14.9 Å². The summed E-state index contributed by atoms with van der Waals surface area (Å²) in [6.45, 7) is 1.79. The molecule has 0 radical (unpaired) electrons. The lowest BCUT2D eigenvalue weighted by Crippen LogP contribution is -2.21. The van der Waals surface area contributed by atoms with Gasteiger partial charge in [-0.3, -0.25) is 9.59 Å². The first-order valence-corrected chi connectivity index (χ1v) is 11.7. The minimum Gasteiger partial charge on any atom is -0.464 e. The summed E-state index contributed by atoms with van der Waals surface area (Å²) in [6, 6.07) is 14.0. The first-order chi connectivity index (χ1) is 16.0. The van der Waals surface area contributed by atoms with Crippen LogP contribution in [-0.2, 0) is 33.6 Å². The third kappa shape index (κ3) is 4.10.